The van der Waals surface area contributed by atoms with Crippen LogP contribution < -0.4 is 5.32 Å². The highest BCUT2D eigenvalue weighted by molar-refractivity contribution is 7.21. The molecule has 1 atom stereocenters. The summed E-state index contributed by atoms with van der Waals surface area (Å²) >= 11 is 1.92. The van der Waals surface area contributed by atoms with Gasteiger partial charge in [-0.05, 0) is 70.8 Å². The van der Waals surface area contributed by atoms with Gasteiger partial charge in [0.2, 0.25) is 0 Å². The van der Waals surface area contributed by atoms with Crippen LogP contribution in [-0.2, 0) is 6.42 Å². The molecule has 12 rings (SSSR count). The number of allylic oxidation sites excluding steroid dienone is 1. The second-order valence-corrected chi connectivity index (χ2v) is 15.8. The van der Waals surface area contributed by atoms with Crippen LogP contribution in [0.25, 0.3) is 70.7 Å². The number of aliphatic imine (C=N–C) groups is 2. The average Bonchev–Trinajstić information content (AvgIpc) is 3.96. The third-order valence-electron chi connectivity index (χ3n) is 11.6. The van der Waals surface area contributed by atoms with E-state index < -0.39 is 0 Å². The molecule has 1 aliphatic heterocycles. The first-order chi connectivity index (χ1) is 28.3. The number of hydrogen-bond donors (Lipinski definition) is 1. The number of benzene rings is 7. The van der Waals surface area contributed by atoms with Gasteiger partial charge in [0, 0.05) is 31.8 Å². The molecule has 10 aromatic rings. The minimum atomic E-state index is -0.289. The van der Waals surface area contributed by atoms with Crippen molar-refractivity contribution < 1.29 is 4.42 Å². The third kappa shape index (κ3) is 5.07. The summed E-state index contributed by atoms with van der Waals surface area (Å²) in [6, 6.07) is 57.9. The van der Waals surface area contributed by atoms with Crippen LogP contribution in [0.4, 0.5) is 0 Å². The first kappa shape index (κ1) is 32.2. The van der Waals surface area contributed by atoms with E-state index in [1.54, 1.807) is 0 Å². The fourth-order valence-corrected chi connectivity index (χ4v) is 10.3. The number of furan rings is 1. The van der Waals surface area contributed by atoms with Gasteiger partial charge in [-0.25, -0.2) is 9.98 Å². The summed E-state index contributed by atoms with van der Waals surface area (Å²) in [5.74, 6) is 1.43. The second-order valence-electron chi connectivity index (χ2n) is 14.8. The Hall–Kier alpha value is -7.02. The highest BCUT2D eigenvalue weighted by Crippen LogP contribution is 2.46. The largest absolute Gasteiger partial charge is 0.455 e. The van der Waals surface area contributed by atoms with Gasteiger partial charge in [0.05, 0.1) is 27.2 Å². The van der Waals surface area contributed by atoms with Gasteiger partial charge >= 0.3 is 0 Å². The molecule has 0 bridgehead atoms. The smallest absolute Gasteiger partial charge is 0.163 e. The third-order valence-corrected chi connectivity index (χ3v) is 12.9. The van der Waals surface area contributed by atoms with Gasteiger partial charge in [-0.2, -0.15) is 0 Å². The molecule has 0 spiro atoms. The molecular weight excluding hydrogens is 717 g/mol. The van der Waals surface area contributed by atoms with Crippen LogP contribution in [0.1, 0.15) is 39.7 Å². The molecule has 0 fully saturated rings. The van der Waals surface area contributed by atoms with Crippen molar-refractivity contribution in [3.63, 3.8) is 0 Å². The van der Waals surface area contributed by atoms with Crippen molar-refractivity contribution in [3.8, 4) is 11.1 Å². The Kier molecular flexibility index (Phi) is 7.22. The van der Waals surface area contributed by atoms with Crippen LogP contribution in [-0.4, -0.2) is 16.2 Å². The molecule has 0 saturated carbocycles. The lowest BCUT2D eigenvalue weighted by Crippen LogP contribution is -2.33. The normalized spacial score (nSPS) is 15.5. The summed E-state index contributed by atoms with van der Waals surface area (Å²) in [4.78, 5) is 11.6. The number of rotatable bonds is 5. The number of nitrogens with zero attached hydrogens (tertiary/aromatic N) is 3. The summed E-state index contributed by atoms with van der Waals surface area (Å²) in [5, 5.41) is 9.62. The van der Waals surface area contributed by atoms with Gasteiger partial charge in [-0.1, -0.05) is 140 Å². The van der Waals surface area contributed by atoms with E-state index in [9.17, 15) is 0 Å². The summed E-state index contributed by atoms with van der Waals surface area (Å²) in [6.45, 7) is 0. The molecule has 2 aliphatic rings. The van der Waals surface area contributed by atoms with E-state index in [4.69, 9.17) is 14.4 Å². The predicted octanol–water partition coefficient (Wildman–Crippen LogP) is 12.9. The Morgan fingerprint density at radius 2 is 1.30 bits per heavy atom. The standard InChI is InChI=1S/C51H34N4OS/c1-3-14-31(15-4-1)49-52-50(32-16-5-2-6-17-32)54-51(53-49)41-24-12-21-38-37-29-28-33(30-45(37)56-46(38)41)34-20-11-22-39-40-23-13-27-44(48(40)57-47(34)39)55-42-25-9-7-18-35(42)36-19-8-10-26-43(36)55/h1-12,14-22,24-30,49H,13,23H2,(H,52,53,54). The Balaban J connectivity index is 0.984. The molecule has 0 amide bonds. The molecule has 3 aromatic heterocycles. The summed E-state index contributed by atoms with van der Waals surface area (Å²) < 4.78 is 10.6. The van der Waals surface area contributed by atoms with Crippen molar-refractivity contribution in [2.45, 2.75) is 19.0 Å². The Morgan fingerprint density at radius 1 is 0.614 bits per heavy atom. The van der Waals surface area contributed by atoms with Crippen molar-refractivity contribution in [1.29, 1.82) is 0 Å². The zero-order valence-electron chi connectivity index (χ0n) is 30.8. The summed E-state index contributed by atoms with van der Waals surface area (Å²) in [5.41, 5.74) is 12.2. The van der Waals surface area contributed by atoms with E-state index in [1.165, 1.54) is 53.6 Å². The molecule has 4 heterocycles. The van der Waals surface area contributed by atoms with Crippen molar-refractivity contribution in [1.82, 2.24) is 9.88 Å². The van der Waals surface area contributed by atoms with Crippen molar-refractivity contribution in [2.75, 3.05) is 0 Å². The number of hydrogen-bond acceptors (Lipinski definition) is 5. The van der Waals surface area contributed by atoms with E-state index in [0.29, 0.717) is 5.84 Å². The van der Waals surface area contributed by atoms with Gasteiger partial charge in [0.25, 0.3) is 0 Å². The topological polar surface area (TPSA) is 54.8 Å². The first-order valence-corrected chi connectivity index (χ1v) is 20.3. The number of amidine groups is 2. The quantitative estimate of drug-likeness (QED) is 0.190. The monoisotopic (exact) mass is 750 g/mol. The molecule has 0 saturated heterocycles. The summed E-state index contributed by atoms with van der Waals surface area (Å²) in [6.07, 6.45) is 4.19. The lowest BCUT2D eigenvalue weighted by atomic mass is 9.96. The lowest BCUT2D eigenvalue weighted by molar-refractivity contribution is 0.663. The Morgan fingerprint density at radius 3 is 2.09 bits per heavy atom. The number of fused-ring (bicyclic) bond motifs is 9. The van der Waals surface area contributed by atoms with Crippen LogP contribution >= 0.6 is 11.3 Å². The van der Waals surface area contributed by atoms with Gasteiger partial charge in [-0.3, -0.25) is 0 Å². The minimum absolute atomic E-state index is 0.289. The molecular formula is C51H34N4OS. The number of nitrogens with one attached hydrogen (secondary N) is 1. The van der Waals surface area contributed by atoms with Crippen molar-refractivity contribution >= 4 is 82.5 Å². The first-order valence-electron chi connectivity index (χ1n) is 19.5. The van der Waals surface area contributed by atoms with Crippen LogP contribution in [0.2, 0.25) is 0 Å². The molecule has 5 nitrogen and oxygen atoms in total. The van der Waals surface area contributed by atoms with Gasteiger partial charge in [0.15, 0.2) is 5.84 Å². The maximum absolute atomic E-state index is 6.84. The predicted molar refractivity (Wildman–Crippen MR) is 238 cm³/mol. The molecule has 7 aromatic carbocycles. The highest BCUT2D eigenvalue weighted by Gasteiger charge is 2.26. The van der Waals surface area contributed by atoms with Crippen LogP contribution in [0, 0.1) is 0 Å². The molecule has 1 N–H and O–H groups in total. The summed E-state index contributed by atoms with van der Waals surface area (Å²) in [7, 11) is 0. The Labute approximate surface area is 332 Å². The van der Waals surface area contributed by atoms with E-state index >= 15 is 0 Å². The molecule has 1 aliphatic carbocycles. The van der Waals surface area contributed by atoms with Crippen molar-refractivity contribution in [2.24, 2.45) is 9.98 Å². The van der Waals surface area contributed by atoms with Crippen LogP contribution in [0.5, 0.6) is 0 Å². The molecule has 0 radical (unpaired) electrons. The van der Waals surface area contributed by atoms with E-state index in [2.05, 4.69) is 143 Å². The number of thiophene rings is 1. The maximum Gasteiger partial charge on any atom is 0.163 e. The van der Waals surface area contributed by atoms with Crippen LogP contribution in [0.15, 0.2) is 184 Å². The van der Waals surface area contributed by atoms with Crippen molar-refractivity contribution in [3.05, 3.63) is 197 Å². The fourth-order valence-electron chi connectivity index (χ4n) is 8.93. The number of para-hydroxylation sites is 3. The average molecular weight is 751 g/mol. The number of aryl methyl sites for hydroxylation is 1. The number of aromatic nitrogens is 1. The SMILES string of the molecule is C1=C(n2c3ccccc3c3ccccc32)c2sc3c(-c4ccc5c(c4)oc4c(C6=NC(c7ccccc7)NC(c7ccccc7)=N6)cccc45)cccc3c2CC1. The Bertz CT molecular complexity index is 3270. The van der Waals surface area contributed by atoms with Gasteiger partial charge in [0.1, 0.15) is 23.2 Å². The zero-order chi connectivity index (χ0) is 37.5. The van der Waals surface area contributed by atoms with E-state index in [0.717, 1.165) is 62.9 Å². The van der Waals surface area contributed by atoms with Crippen LogP contribution in [0.3, 0.4) is 0 Å². The zero-order valence-corrected chi connectivity index (χ0v) is 31.6. The van der Waals surface area contributed by atoms with Gasteiger partial charge < -0.3 is 14.3 Å². The van der Waals surface area contributed by atoms with E-state index in [-0.39, 0.29) is 6.17 Å². The molecule has 57 heavy (non-hydrogen) atoms. The minimum Gasteiger partial charge on any atom is -0.455 e. The molecule has 1 unspecified atom stereocenters. The van der Waals surface area contributed by atoms with E-state index in [1.807, 2.05) is 47.7 Å². The molecule has 270 valence electrons. The highest BCUT2D eigenvalue weighted by atomic mass is 32.1. The second kappa shape index (κ2) is 12.8. The maximum atomic E-state index is 6.84. The fraction of sp³-hybridized carbons (Fsp3) is 0.0588. The van der Waals surface area contributed by atoms with Gasteiger partial charge in [-0.15, -0.1) is 11.3 Å². The molecule has 6 heteroatoms. The lowest BCUT2D eigenvalue weighted by Gasteiger charge is -2.23.